The third-order valence-corrected chi connectivity index (χ3v) is 3.43. The molecule has 0 saturated heterocycles. The van der Waals surface area contributed by atoms with Gasteiger partial charge in [-0.3, -0.25) is 0 Å². The Morgan fingerprint density at radius 3 is 2.79 bits per heavy atom. The lowest BCUT2D eigenvalue weighted by Gasteiger charge is -2.12. The third-order valence-electron chi connectivity index (χ3n) is 1.99. The average Bonchev–Trinajstić information content (AvgIpc) is 2.19. The van der Waals surface area contributed by atoms with Gasteiger partial charge < -0.3 is 5.32 Å². The quantitative estimate of drug-likeness (QED) is 0.636. The van der Waals surface area contributed by atoms with Crippen LogP contribution in [0.2, 0.25) is 5.02 Å². The highest BCUT2D eigenvalue weighted by Crippen LogP contribution is 2.34. The number of thioether (sulfide) groups is 1. The van der Waals surface area contributed by atoms with E-state index in [0.717, 1.165) is 27.6 Å². The molecule has 4 heteroatoms. The molecule has 1 rings (SSSR count). The first-order valence-electron chi connectivity index (χ1n) is 4.34. The largest absolute Gasteiger partial charge is 0.387 e. The second-order valence-electron chi connectivity index (χ2n) is 2.72. The van der Waals surface area contributed by atoms with Gasteiger partial charge in [0.15, 0.2) is 0 Å². The minimum absolute atomic E-state index is 0.811. The summed E-state index contributed by atoms with van der Waals surface area (Å²) in [5.41, 5.74) is 2.24. The Labute approximate surface area is 99.2 Å². The maximum atomic E-state index is 6.11. The minimum atomic E-state index is 0.811. The van der Waals surface area contributed by atoms with Crippen molar-refractivity contribution in [3.63, 3.8) is 0 Å². The van der Waals surface area contributed by atoms with Gasteiger partial charge >= 0.3 is 0 Å². The summed E-state index contributed by atoms with van der Waals surface area (Å²) in [6.45, 7) is 2.09. The van der Waals surface area contributed by atoms with E-state index >= 15 is 0 Å². The number of rotatable bonds is 4. The van der Waals surface area contributed by atoms with Gasteiger partial charge in [0.1, 0.15) is 0 Å². The molecule has 0 aliphatic rings. The van der Waals surface area contributed by atoms with Crippen molar-refractivity contribution in [2.75, 3.05) is 12.4 Å². The number of anilines is 1. The van der Waals surface area contributed by atoms with Crippen molar-refractivity contribution in [3.8, 4) is 0 Å². The second kappa shape index (κ2) is 5.59. The molecule has 1 aromatic carbocycles. The first kappa shape index (κ1) is 11.8. The lowest BCUT2D eigenvalue weighted by molar-refractivity contribution is 1.08. The normalized spacial score (nSPS) is 9.93. The molecule has 0 radical (unpaired) electrons. The van der Waals surface area contributed by atoms with Crippen LogP contribution in [0, 0.1) is 0 Å². The van der Waals surface area contributed by atoms with Crippen molar-refractivity contribution in [1.29, 1.82) is 0 Å². The minimum Gasteiger partial charge on any atom is -0.387 e. The van der Waals surface area contributed by atoms with Crippen LogP contribution < -0.4 is 5.32 Å². The van der Waals surface area contributed by atoms with Gasteiger partial charge in [0, 0.05) is 27.4 Å². The topological polar surface area (TPSA) is 12.0 Å². The van der Waals surface area contributed by atoms with Crippen LogP contribution >= 0.6 is 35.6 Å². The van der Waals surface area contributed by atoms with Crippen LogP contribution in [-0.4, -0.2) is 11.7 Å². The van der Waals surface area contributed by atoms with Crippen LogP contribution in [-0.2, 0) is 6.42 Å². The highest BCUT2D eigenvalue weighted by Gasteiger charge is 2.09. The highest BCUT2D eigenvalue weighted by atomic mass is 35.5. The monoisotopic (exact) mass is 245 g/mol. The lowest BCUT2D eigenvalue weighted by Crippen LogP contribution is -1.95. The van der Waals surface area contributed by atoms with Gasteiger partial charge in [0.25, 0.3) is 0 Å². The lowest BCUT2D eigenvalue weighted by atomic mass is 10.1. The Hall–Kier alpha value is -0.250. The summed E-state index contributed by atoms with van der Waals surface area (Å²) in [5.74, 6) is 0. The molecular weight excluding hydrogens is 234 g/mol. The Bertz CT molecular complexity index is 339. The summed E-state index contributed by atoms with van der Waals surface area (Å²) in [7, 11) is 1.90. The molecular formula is C10H12ClNS2. The van der Waals surface area contributed by atoms with Gasteiger partial charge in [0.2, 0.25) is 0 Å². The molecule has 0 aliphatic carbocycles. The highest BCUT2D eigenvalue weighted by molar-refractivity contribution is 8.20. The first-order chi connectivity index (χ1) is 6.74. The standard InChI is InChI=1S/C10H12ClNS2/c1-3-7-8(11)4-5-9(12-2)10(7)14-6-13/h4-6,12H,3H2,1-2H3. The van der Waals surface area contributed by atoms with E-state index in [4.69, 9.17) is 23.8 Å². The molecule has 1 aromatic rings. The van der Waals surface area contributed by atoms with E-state index in [1.54, 1.807) is 4.70 Å². The van der Waals surface area contributed by atoms with Crippen LogP contribution in [0.4, 0.5) is 5.69 Å². The van der Waals surface area contributed by atoms with E-state index in [-0.39, 0.29) is 0 Å². The fraction of sp³-hybridized carbons (Fsp3) is 0.300. The van der Waals surface area contributed by atoms with E-state index in [9.17, 15) is 0 Å². The van der Waals surface area contributed by atoms with Gasteiger partial charge in [-0.2, -0.15) is 0 Å². The summed E-state index contributed by atoms with van der Waals surface area (Å²) < 4.78 is 1.66. The summed E-state index contributed by atoms with van der Waals surface area (Å²) in [6, 6.07) is 3.89. The van der Waals surface area contributed by atoms with Crippen molar-refractivity contribution in [2.24, 2.45) is 0 Å². The van der Waals surface area contributed by atoms with Crippen molar-refractivity contribution in [3.05, 3.63) is 22.7 Å². The molecule has 1 N–H and O–H groups in total. The number of halogens is 1. The van der Waals surface area contributed by atoms with E-state index in [1.807, 2.05) is 19.2 Å². The van der Waals surface area contributed by atoms with Gasteiger partial charge in [-0.25, -0.2) is 0 Å². The van der Waals surface area contributed by atoms with Crippen molar-refractivity contribution in [2.45, 2.75) is 18.2 Å². The summed E-state index contributed by atoms with van der Waals surface area (Å²) in [5, 5.41) is 3.95. The molecule has 0 spiro atoms. The van der Waals surface area contributed by atoms with Gasteiger partial charge in [-0.1, -0.05) is 42.5 Å². The van der Waals surface area contributed by atoms with E-state index in [0.29, 0.717) is 0 Å². The summed E-state index contributed by atoms with van der Waals surface area (Å²) in [6.07, 6.45) is 0.917. The van der Waals surface area contributed by atoms with Crippen molar-refractivity contribution < 1.29 is 0 Å². The van der Waals surface area contributed by atoms with Crippen LogP contribution in [0.3, 0.4) is 0 Å². The molecule has 0 saturated carbocycles. The predicted octanol–water partition coefficient (Wildman–Crippen LogP) is 3.99. The van der Waals surface area contributed by atoms with Crippen molar-refractivity contribution >= 4 is 46.0 Å². The Morgan fingerprint density at radius 1 is 1.57 bits per heavy atom. The number of benzene rings is 1. The first-order valence-corrected chi connectivity index (χ1v) is 6.06. The Morgan fingerprint density at radius 2 is 2.29 bits per heavy atom. The van der Waals surface area contributed by atoms with Gasteiger partial charge in [-0.15, -0.1) is 0 Å². The van der Waals surface area contributed by atoms with Gasteiger partial charge in [0.05, 0.1) is 0 Å². The number of hydrogen-bond donors (Lipinski definition) is 1. The zero-order valence-corrected chi connectivity index (χ0v) is 10.5. The summed E-state index contributed by atoms with van der Waals surface area (Å²) >= 11 is 12.5. The van der Waals surface area contributed by atoms with Crippen LogP contribution in [0.5, 0.6) is 0 Å². The predicted molar refractivity (Wildman–Crippen MR) is 69.9 cm³/mol. The molecule has 0 aliphatic heterocycles. The number of thiocarbonyl (C=S) groups is 1. The second-order valence-corrected chi connectivity index (χ2v) is 4.54. The van der Waals surface area contributed by atoms with Crippen LogP contribution in [0.15, 0.2) is 17.0 Å². The maximum Gasteiger partial charge on any atom is 0.0483 e. The van der Waals surface area contributed by atoms with E-state index in [1.165, 1.54) is 11.8 Å². The SMILES string of the molecule is CCc1c(Cl)ccc(NC)c1SC=S. The zero-order valence-electron chi connectivity index (χ0n) is 8.13. The molecule has 0 fully saturated rings. The fourth-order valence-corrected chi connectivity index (χ4v) is 2.74. The molecule has 1 nitrogen and oxygen atoms in total. The molecule has 0 amide bonds. The molecule has 0 heterocycles. The van der Waals surface area contributed by atoms with E-state index < -0.39 is 0 Å². The molecule has 14 heavy (non-hydrogen) atoms. The molecule has 76 valence electrons. The van der Waals surface area contributed by atoms with E-state index in [2.05, 4.69) is 12.2 Å². The molecule has 0 unspecified atom stereocenters. The number of hydrogen-bond acceptors (Lipinski definition) is 3. The average molecular weight is 246 g/mol. The fourth-order valence-electron chi connectivity index (χ4n) is 1.31. The van der Waals surface area contributed by atoms with Crippen LogP contribution in [0.1, 0.15) is 12.5 Å². The van der Waals surface area contributed by atoms with Crippen LogP contribution in [0.25, 0.3) is 0 Å². The van der Waals surface area contributed by atoms with Gasteiger partial charge in [-0.05, 0) is 24.1 Å². The number of nitrogens with one attached hydrogen (secondary N) is 1. The smallest absolute Gasteiger partial charge is 0.0483 e. The Kier molecular flexibility index (Phi) is 4.72. The van der Waals surface area contributed by atoms with Crippen molar-refractivity contribution in [1.82, 2.24) is 0 Å². The molecule has 0 atom stereocenters. The molecule has 0 aromatic heterocycles. The zero-order chi connectivity index (χ0) is 10.6. The third kappa shape index (κ3) is 2.41. The Balaban J connectivity index is 3.27. The molecule has 0 bridgehead atoms. The summed E-state index contributed by atoms with van der Waals surface area (Å²) in [4.78, 5) is 1.14. The maximum absolute atomic E-state index is 6.11.